The smallest absolute Gasteiger partial charge is 0.245 e. The normalized spacial score (nSPS) is 10.8. The van der Waals surface area contributed by atoms with E-state index in [1.807, 2.05) is 13.0 Å². The van der Waals surface area contributed by atoms with E-state index in [-0.39, 0.29) is 5.75 Å². The van der Waals surface area contributed by atoms with Crippen molar-refractivity contribution in [3.63, 3.8) is 0 Å². The van der Waals surface area contributed by atoms with Crippen LogP contribution in [0.25, 0.3) is 5.52 Å². The highest BCUT2D eigenvalue weighted by atomic mass is 19.1. The summed E-state index contributed by atoms with van der Waals surface area (Å²) in [5, 5.41) is 4.23. The van der Waals surface area contributed by atoms with Crippen LogP contribution in [0, 0.1) is 12.7 Å². The monoisotopic (exact) mass is 258 g/mol. The van der Waals surface area contributed by atoms with Crippen molar-refractivity contribution >= 4 is 11.2 Å². The number of hydrogen-bond acceptors (Lipinski definition) is 4. The quantitative estimate of drug-likeness (QED) is 0.717. The lowest BCUT2D eigenvalue weighted by Crippen LogP contribution is -1.96. The SMILES string of the molecule is Cc1cc2c(Oc3ccc(N)cc3F)nccn2n1. The Kier molecular flexibility index (Phi) is 2.56. The van der Waals surface area contributed by atoms with Crippen LogP contribution in [0.1, 0.15) is 5.69 Å². The van der Waals surface area contributed by atoms with E-state index in [1.54, 1.807) is 23.0 Å². The number of halogens is 1. The van der Waals surface area contributed by atoms with Gasteiger partial charge in [0.25, 0.3) is 0 Å². The first-order chi connectivity index (χ1) is 9.13. The van der Waals surface area contributed by atoms with E-state index in [2.05, 4.69) is 10.1 Å². The number of anilines is 1. The molecule has 0 aliphatic rings. The first-order valence-corrected chi connectivity index (χ1v) is 5.67. The number of fused-ring (bicyclic) bond motifs is 1. The van der Waals surface area contributed by atoms with Gasteiger partial charge >= 0.3 is 0 Å². The highest BCUT2D eigenvalue weighted by Gasteiger charge is 2.10. The van der Waals surface area contributed by atoms with Gasteiger partial charge in [0.1, 0.15) is 5.52 Å². The first kappa shape index (κ1) is 11.5. The number of ether oxygens (including phenoxy) is 1. The molecule has 2 heterocycles. The fourth-order valence-corrected chi connectivity index (χ4v) is 1.80. The van der Waals surface area contributed by atoms with Gasteiger partial charge in [-0.1, -0.05) is 0 Å². The van der Waals surface area contributed by atoms with Gasteiger partial charge in [0.15, 0.2) is 11.6 Å². The van der Waals surface area contributed by atoms with Crippen LogP contribution in [-0.4, -0.2) is 14.6 Å². The third-order valence-electron chi connectivity index (χ3n) is 2.64. The number of rotatable bonds is 2. The van der Waals surface area contributed by atoms with Crippen LogP contribution in [0.15, 0.2) is 36.7 Å². The molecule has 0 amide bonds. The third-order valence-corrected chi connectivity index (χ3v) is 2.64. The second-order valence-electron chi connectivity index (χ2n) is 4.14. The zero-order valence-corrected chi connectivity index (χ0v) is 10.2. The fraction of sp³-hybridized carbons (Fsp3) is 0.0769. The molecular weight excluding hydrogens is 247 g/mol. The second kappa shape index (κ2) is 4.24. The molecule has 0 aliphatic heterocycles. The summed E-state index contributed by atoms with van der Waals surface area (Å²) < 4.78 is 20.8. The van der Waals surface area contributed by atoms with Crippen molar-refractivity contribution in [1.82, 2.24) is 14.6 Å². The maximum atomic E-state index is 13.7. The molecule has 5 nitrogen and oxygen atoms in total. The van der Waals surface area contributed by atoms with Gasteiger partial charge in [-0.3, -0.25) is 0 Å². The molecule has 3 aromatic rings. The topological polar surface area (TPSA) is 65.4 Å². The van der Waals surface area contributed by atoms with Crippen molar-refractivity contribution in [2.24, 2.45) is 0 Å². The highest BCUT2D eigenvalue weighted by Crippen LogP contribution is 2.27. The zero-order chi connectivity index (χ0) is 13.4. The van der Waals surface area contributed by atoms with Crippen molar-refractivity contribution in [2.75, 3.05) is 5.73 Å². The summed E-state index contributed by atoms with van der Waals surface area (Å²) in [7, 11) is 0. The Morgan fingerprint density at radius 1 is 1.32 bits per heavy atom. The molecule has 0 fully saturated rings. The van der Waals surface area contributed by atoms with Gasteiger partial charge in [-0.2, -0.15) is 5.10 Å². The molecule has 0 radical (unpaired) electrons. The first-order valence-electron chi connectivity index (χ1n) is 5.67. The number of benzene rings is 1. The minimum atomic E-state index is -0.528. The van der Waals surface area contributed by atoms with Crippen molar-refractivity contribution in [3.05, 3.63) is 48.2 Å². The predicted molar refractivity (Wildman–Crippen MR) is 68.6 cm³/mol. The van der Waals surface area contributed by atoms with E-state index in [4.69, 9.17) is 10.5 Å². The van der Waals surface area contributed by atoms with Gasteiger partial charge in [0, 0.05) is 24.1 Å². The van der Waals surface area contributed by atoms with E-state index >= 15 is 0 Å². The molecule has 0 atom stereocenters. The zero-order valence-electron chi connectivity index (χ0n) is 10.2. The van der Waals surface area contributed by atoms with Crippen LogP contribution in [0.4, 0.5) is 10.1 Å². The summed E-state index contributed by atoms with van der Waals surface area (Å²) in [6, 6.07) is 6.06. The Labute approximate surface area is 108 Å². The van der Waals surface area contributed by atoms with Gasteiger partial charge in [-0.15, -0.1) is 0 Å². The van der Waals surface area contributed by atoms with E-state index in [1.165, 1.54) is 12.1 Å². The van der Waals surface area contributed by atoms with Gasteiger partial charge in [-0.25, -0.2) is 13.9 Å². The molecule has 0 bridgehead atoms. The van der Waals surface area contributed by atoms with Crippen molar-refractivity contribution in [1.29, 1.82) is 0 Å². The lowest BCUT2D eigenvalue weighted by atomic mass is 10.3. The maximum Gasteiger partial charge on any atom is 0.245 e. The van der Waals surface area contributed by atoms with Gasteiger partial charge in [-0.05, 0) is 25.1 Å². The number of aryl methyl sites for hydroxylation is 1. The molecule has 0 saturated carbocycles. The Morgan fingerprint density at radius 3 is 2.95 bits per heavy atom. The standard InChI is InChI=1S/C13H11FN4O/c1-8-6-11-13(16-4-5-18(11)17-8)19-12-3-2-9(15)7-10(12)14/h2-7H,15H2,1H3. The number of hydrogen-bond donors (Lipinski definition) is 1. The van der Waals surface area contributed by atoms with E-state index in [9.17, 15) is 4.39 Å². The molecule has 2 N–H and O–H groups in total. The van der Waals surface area contributed by atoms with E-state index in [0.717, 1.165) is 5.69 Å². The molecule has 19 heavy (non-hydrogen) atoms. The average Bonchev–Trinajstić information content (AvgIpc) is 2.74. The summed E-state index contributed by atoms with van der Waals surface area (Å²) in [5.41, 5.74) is 7.34. The van der Waals surface area contributed by atoms with Crippen LogP contribution >= 0.6 is 0 Å². The fourth-order valence-electron chi connectivity index (χ4n) is 1.80. The molecule has 1 aromatic carbocycles. The molecule has 6 heteroatoms. The summed E-state index contributed by atoms with van der Waals surface area (Å²) >= 11 is 0. The third kappa shape index (κ3) is 2.08. The Balaban J connectivity index is 2.05. The van der Waals surface area contributed by atoms with Gasteiger partial charge in [0.2, 0.25) is 5.88 Å². The van der Waals surface area contributed by atoms with Crippen molar-refractivity contribution in [2.45, 2.75) is 6.92 Å². The van der Waals surface area contributed by atoms with E-state index in [0.29, 0.717) is 17.1 Å². The number of aromatic nitrogens is 3. The lowest BCUT2D eigenvalue weighted by Gasteiger charge is -2.07. The van der Waals surface area contributed by atoms with Gasteiger partial charge in [0.05, 0.1) is 5.69 Å². The number of nitrogens with two attached hydrogens (primary N) is 1. The predicted octanol–water partition coefficient (Wildman–Crippen LogP) is 2.55. The highest BCUT2D eigenvalue weighted by molar-refractivity contribution is 5.58. The minimum absolute atomic E-state index is 0.0775. The Bertz CT molecular complexity index is 753. The van der Waals surface area contributed by atoms with Crippen LogP contribution < -0.4 is 10.5 Å². The Morgan fingerprint density at radius 2 is 2.16 bits per heavy atom. The van der Waals surface area contributed by atoms with Crippen LogP contribution in [0.2, 0.25) is 0 Å². The van der Waals surface area contributed by atoms with Crippen LogP contribution in [0.5, 0.6) is 11.6 Å². The number of nitrogen functional groups attached to an aromatic ring is 1. The molecule has 3 rings (SSSR count). The van der Waals surface area contributed by atoms with E-state index < -0.39 is 5.82 Å². The maximum absolute atomic E-state index is 13.7. The summed E-state index contributed by atoms with van der Waals surface area (Å²) in [5.74, 6) is -0.152. The van der Waals surface area contributed by atoms with Gasteiger partial charge < -0.3 is 10.5 Å². The second-order valence-corrected chi connectivity index (χ2v) is 4.14. The molecule has 96 valence electrons. The van der Waals surface area contributed by atoms with Crippen molar-refractivity contribution < 1.29 is 9.13 Å². The summed E-state index contributed by atoms with van der Waals surface area (Å²) in [6.07, 6.45) is 3.25. The van der Waals surface area contributed by atoms with Crippen LogP contribution in [-0.2, 0) is 0 Å². The lowest BCUT2D eigenvalue weighted by molar-refractivity contribution is 0.430. The average molecular weight is 258 g/mol. The molecular formula is C13H11FN4O. The molecule has 2 aromatic heterocycles. The molecule has 0 spiro atoms. The Hall–Kier alpha value is -2.63. The minimum Gasteiger partial charge on any atom is -0.434 e. The largest absolute Gasteiger partial charge is 0.434 e. The summed E-state index contributed by atoms with van der Waals surface area (Å²) in [4.78, 5) is 4.10. The number of nitrogens with zero attached hydrogens (tertiary/aromatic N) is 3. The van der Waals surface area contributed by atoms with Crippen molar-refractivity contribution in [3.8, 4) is 11.6 Å². The molecule has 0 aliphatic carbocycles. The summed E-state index contributed by atoms with van der Waals surface area (Å²) in [6.45, 7) is 1.86. The molecule has 0 saturated heterocycles. The van der Waals surface area contributed by atoms with Crippen LogP contribution in [0.3, 0.4) is 0 Å². The molecule has 0 unspecified atom stereocenters.